The fourth-order valence-electron chi connectivity index (χ4n) is 3.21. The molecule has 1 saturated carbocycles. The molecule has 0 aliphatic heterocycles. The number of rotatable bonds is 5. The number of nitrogens with zero attached hydrogens (tertiary/aromatic N) is 1. The fourth-order valence-corrected chi connectivity index (χ4v) is 3.83. The third kappa shape index (κ3) is 3.56. The van der Waals surface area contributed by atoms with Gasteiger partial charge in [-0.3, -0.25) is 0 Å². The molecule has 1 fully saturated rings. The van der Waals surface area contributed by atoms with Crippen molar-refractivity contribution in [2.75, 3.05) is 18.5 Å². The average molecular weight is 339 g/mol. The van der Waals surface area contributed by atoms with Gasteiger partial charge in [0.15, 0.2) is 0 Å². The van der Waals surface area contributed by atoms with Crippen LogP contribution in [0.5, 0.6) is 0 Å². The average Bonchev–Trinajstić information content (AvgIpc) is 2.49. The lowest BCUT2D eigenvalue weighted by atomic mass is 9.93. The molecule has 1 aromatic rings. The molecular formula is C17H27BrN2. The van der Waals surface area contributed by atoms with E-state index in [2.05, 4.69) is 58.2 Å². The van der Waals surface area contributed by atoms with Crippen molar-refractivity contribution in [1.82, 2.24) is 5.32 Å². The van der Waals surface area contributed by atoms with Crippen molar-refractivity contribution < 1.29 is 0 Å². The SMILES string of the molecule is CCN(c1ccc(C(C)NC)cc1Br)C1CCCCC1. The predicted octanol–water partition coefficient (Wildman–Crippen LogP) is 4.89. The Bertz CT molecular complexity index is 427. The molecule has 0 bridgehead atoms. The quantitative estimate of drug-likeness (QED) is 0.822. The molecule has 1 N–H and O–H groups in total. The van der Waals surface area contributed by atoms with Crippen LogP contribution in [0.25, 0.3) is 0 Å². The van der Waals surface area contributed by atoms with E-state index in [4.69, 9.17) is 0 Å². The summed E-state index contributed by atoms with van der Waals surface area (Å²) in [6, 6.07) is 7.92. The topological polar surface area (TPSA) is 15.3 Å². The van der Waals surface area contributed by atoms with Gasteiger partial charge < -0.3 is 10.2 Å². The Labute approximate surface area is 132 Å². The fraction of sp³-hybridized carbons (Fsp3) is 0.647. The van der Waals surface area contributed by atoms with Gasteiger partial charge >= 0.3 is 0 Å². The molecule has 0 saturated heterocycles. The Morgan fingerprint density at radius 3 is 2.55 bits per heavy atom. The van der Waals surface area contributed by atoms with Gasteiger partial charge in [0, 0.05) is 23.1 Å². The molecular weight excluding hydrogens is 312 g/mol. The standard InChI is InChI=1S/C17H27BrN2/c1-4-20(15-8-6-5-7-9-15)17-11-10-14(12-16(17)18)13(2)19-3/h10-13,15,19H,4-9H2,1-3H3. The molecule has 1 aliphatic carbocycles. The van der Waals surface area contributed by atoms with Crippen LogP contribution in [-0.2, 0) is 0 Å². The van der Waals surface area contributed by atoms with Crippen LogP contribution in [0.4, 0.5) is 5.69 Å². The Morgan fingerprint density at radius 1 is 1.30 bits per heavy atom. The van der Waals surface area contributed by atoms with E-state index in [1.54, 1.807) is 0 Å². The van der Waals surface area contributed by atoms with Gasteiger partial charge in [-0.05, 0) is 67.4 Å². The number of anilines is 1. The molecule has 2 rings (SSSR count). The summed E-state index contributed by atoms with van der Waals surface area (Å²) in [6.07, 6.45) is 6.86. The first-order chi connectivity index (χ1) is 9.67. The molecule has 112 valence electrons. The van der Waals surface area contributed by atoms with E-state index < -0.39 is 0 Å². The number of halogens is 1. The van der Waals surface area contributed by atoms with Crippen LogP contribution in [0.15, 0.2) is 22.7 Å². The van der Waals surface area contributed by atoms with Gasteiger partial charge in [-0.15, -0.1) is 0 Å². The van der Waals surface area contributed by atoms with Crippen LogP contribution >= 0.6 is 15.9 Å². The van der Waals surface area contributed by atoms with Gasteiger partial charge in [-0.25, -0.2) is 0 Å². The van der Waals surface area contributed by atoms with E-state index in [1.165, 1.54) is 47.8 Å². The van der Waals surface area contributed by atoms with Crippen LogP contribution in [0.1, 0.15) is 57.6 Å². The van der Waals surface area contributed by atoms with E-state index >= 15 is 0 Å². The van der Waals surface area contributed by atoms with Gasteiger partial charge in [0.25, 0.3) is 0 Å². The van der Waals surface area contributed by atoms with Crippen molar-refractivity contribution in [3.63, 3.8) is 0 Å². The molecule has 0 radical (unpaired) electrons. The molecule has 1 aliphatic rings. The summed E-state index contributed by atoms with van der Waals surface area (Å²) in [7, 11) is 2.01. The largest absolute Gasteiger partial charge is 0.368 e. The van der Waals surface area contributed by atoms with E-state index in [0.717, 1.165) is 12.6 Å². The van der Waals surface area contributed by atoms with Crippen molar-refractivity contribution in [3.05, 3.63) is 28.2 Å². The second-order valence-corrected chi connectivity index (χ2v) is 6.65. The lowest BCUT2D eigenvalue weighted by Crippen LogP contribution is -2.36. The molecule has 1 aromatic carbocycles. The normalized spacial score (nSPS) is 18.0. The van der Waals surface area contributed by atoms with Crippen LogP contribution < -0.4 is 10.2 Å². The second kappa shape index (κ2) is 7.46. The van der Waals surface area contributed by atoms with E-state index in [1.807, 2.05) is 7.05 Å². The van der Waals surface area contributed by atoms with Crippen molar-refractivity contribution in [3.8, 4) is 0 Å². The maximum absolute atomic E-state index is 3.78. The smallest absolute Gasteiger partial charge is 0.0513 e. The van der Waals surface area contributed by atoms with Gasteiger partial charge in [0.1, 0.15) is 0 Å². The molecule has 0 heterocycles. The lowest BCUT2D eigenvalue weighted by Gasteiger charge is -2.36. The van der Waals surface area contributed by atoms with Crippen LogP contribution in [-0.4, -0.2) is 19.6 Å². The first kappa shape index (κ1) is 15.8. The van der Waals surface area contributed by atoms with E-state index in [0.29, 0.717) is 6.04 Å². The van der Waals surface area contributed by atoms with E-state index in [9.17, 15) is 0 Å². The highest BCUT2D eigenvalue weighted by molar-refractivity contribution is 9.10. The summed E-state index contributed by atoms with van der Waals surface area (Å²) in [5.74, 6) is 0. The number of nitrogens with one attached hydrogen (secondary N) is 1. The molecule has 0 aromatic heterocycles. The van der Waals surface area contributed by atoms with Gasteiger partial charge in [-0.2, -0.15) is 0 Å². The Kier molecular flexibility index (Phi) is 5.91. The Morgan fingerprint density at radius 2 is 2.00 bits per heavy atom. The van der Waals surface area contributed by atoms with Gasteiger partial charge in [-0.1, -0.05) is 25.3 Å². The zero-order valence-corrected chi connectivity index (χ0v) is 14.5. The second-order valence-electron chi connectivity index (χ2n) is 5.80. The highest BCUT2D eigenvalue weighted by Crippen LogP contribution is 2.33. The van der Waals surface area contributed by atoms with Crippen molar-refractivity contribution >= 4 is 21.6 Å². The summed E-state index contributed by atoms with van der Waals surface area (Å²) in [5.41, 5.74) is 2.69. The highest BCUT2D eigenvalue weighted by Gasteiger charge is 2.22. The minimum atomic E-state index is 0.394. The molecule has 1 unspecified atom stereocenters. The van der Waals surface area contributed by atoms with Crippen molar-refractivity contribution in [2.45, 2.75) is 58.0 Å². The first-order valence-corrected chi connectivity index (χ1v) is 8.70. The van der Waals surface area contributed by atoms with Crippen molar-refractivity contribution in [1.29, 1.82) is 0 Å². The minimum absolute atomic E-state index is 0.394. The zero-order chi connectivity index (χ0) is 14.5. The molecule has 0 spiro atoms. The maximum Gasteiger partial charge on any atom is 0.0513 e. The highest BCUT2D eigenvalue weighted by atomic mass is 79.9. The molecule has 0 amide bonds. The Balaban J connectivity index is 2.21. The molecule has 1 atom stereocenters. The first-order valence-electron chi connectivity index (χ1n) is 7.90. The molecule has 20 heavy (non-hydrogen) atoms. The number of hydrogen-bond donors (Lipinski definition) is 1. The van der Waals surface area contributed by atoms with Crippen LogP contribution in [0.3, 0.4) is 0 Å². The summed E-state index contributed by atoms with van der Waals surface area (Å²) in [4.78, 5) is 2.58. The third-order valence-corrected chi connectivity index (χ3v) is 5.21. The van der Waals surface area contributed by atoms with E-state index in [-0.39, 0.29) is 0 Å². The monoisotopic (exact) mass is 338 g/mol. The predicted molar refractivity (Wildman–Crippen MR) is 91.5 cm³/mol. The summed E-state index contributed by atoms with van der Waals surface area (Å²) in [5, 5.41) is 3.30. The Hall–Kier alpha value is -0.540. The lowest BCUT2D eigenvalue weighted by molar-refractivity contribution is 0.418. The molecule has 2 nitrogen and oxygen atoms in total. The number of benzene rings is 1. The van der Waals surface area contributed by atoms with Gasteiger partial charge in [0.2, 0.25) is 0 Å². The summed E-state index contributed by atoms with van der Waals surface area (Å²) >= 11 is 3.78. The third-order valence-electron chi connectivity index (χ3n) is 4.57. The maximum atomic E-state index is 3.78. The summed E-state index contributed by atoms with van der Waals surface area (Å²) < 4.78 is 1.23. The zero-order valence-electron chi connectivity index (χ0n) is 13.0. The minimum Gasteiger partial charge on any atom is -0.368 e. The van der Waals surface area contributed by atoms with Gasteiger partial charge in [0.05, 0.1) is 5.69 Å². The number of hydrogen-bond acceptors (Lipinski definition) is 2. The summed E-state index contributed by atoms with van der Waals surface area (Å²) in [6.45, 7) is 5.55. The van der Waals surface area contributed by atoms with Crippen LogP contribution in [0, 0.1) is 0 Å². The van der Waals surface area contributed by atoms with Crippen LogP contribution in [0.2, 0.25) is 0 Å². The van der Waals surface area contributed by atoms with Crippen molar-refractivity contribution in [2.24, 2.45) is 0 Å². The molecule has 3 heteroatoms.